The summed E-state index contributed by atoms with van der Waals surface area (Å²) in [5, 5.41) is 12.4. The van der Waals surface area contributed by atoms with Crippen molar-refractivity contribution in [1.82, 2.24) is 0 Å². The van der Waals surface area contributed by atoms with Crippen molar-refractivity contribution >= 4 is 5.69 Å². The number of aliphatic hydroxyl groups excluding tert-OH is 1. The molecular formula is C13H17F2NO2. The minimum atomic E-state index is -0.903. The number of halogens is 2. The summed E-state index contributed by atoms with van der Waals surface area (Å²) in [7, 11) is 0. The van der Waals surface area contributed by atoms with Crippen molar-refractivity contribution in [3.63, 3.8) is 0 Å². The van der Waals surface area contributed by atoms with Crippen LogP contribution in [0, 0.1) is 17.6 Å². The van der Waals surface area contributed by atoms with Crippen LogP contribution in [-0.4, -0.2) is 31.0 Å². The summed E-state index contributed by atoms with van der Waals surface area (Å²) in [5.41, 5.74) is 0.440. The zero-order chi connectivity index (χ0) is 13.0. The Labute approximate surface area is 105 Å². The summed E-state index contributed by atoms with van der Waals surface area (Å²) >= 11 is 0. The van der Waals surface area contributed by atoms with E-state index < -0.39 is 17.7 Å². The molecule has 0 amide bonds. The number of benzene rings is 1. The van der Waals surface area contributed by atoms with Crippen LogP contribution in [0.1, 0.15) is 12.8 Å². The number of hydrogen-bond donors (Lipinski definition) is 2. The summed E-state index contributed by atoms with van der Waals surface area (Å²) in [6, 6.07) is 3.54. The Kier molecular flexibility index (Phi) is 4.49. The Morgan fingerprint density at radius 3 is 2.78 bits per heavy atom. The van der Waals surface area contributed by atoms with Gasteiger partial charge in [0.05, 0.1) is 12.7 Å². The van der Waals surface area contributed by atoms with Gasteiger partial charge < -0.3 is 15.2 Å². The Morgan fingerprint density at radius 1 is 1.33 bits per heavy atom. The van der Waals surface area contributed by atoms with E-state index in [-0.39, 0.29) is 13.2 Å². The fourth-order valence-electron chi connectivity index (χ4n) is 1.56. The molecule has 1 aliphatic carbocycles. The number of aliphatic hydroxyl groups is 1. The molecule has 1 saturated carbocycles. The fourth-order valence-corrected chi connectivity index (χ4v) is 1.56. The molecule has 0 aliphatic heterocycles. The van der Waals surface area contributed by atoms with Crippen molar-refractivity contribution in [2.24, 2.45) is 5.92 Å². The van der Waals surface area contributed by atoms with Crippen LogP contribution in [0.4, 0.5) is 14.5 Å². The lowest BCUT2D eigenvalue weighted by Gasteiger charge is -2.13. The Balaban J connectivity index is 1.67. The van der Waals surface area contributed by atoms with Gasteiger partial charge in [-0.1, -0.05) is 0 Å². The molecule has 0 bridgehead atoms. The predicted molar refractivity (Wildman–Crippen MR) is 64.4 cm³/mol. The van der Waals surface area contributed by atoms with Gasteiger partial charge in [-0.25, -0.2) is 8.78 Å². The van der Waals surface area contributed by atoms with E-state index in [1.807, 2.05) is 0 Å². The minimum Gasteiger partial charge on any atom is -0.389 e. The second-order valence-electron chi connectivity index (χ2n) is 4.64. The molecule has 1 aromatic carbocycles. The van der Waals surface area contributed by atoms with Gasteiger partial charge in [0.15, 0.2) is 11.6 Å². The van der Waals surface area contributed by atoms with Gasteiger partial charge in [0.1, 0.15) is 0 Å². The van der Waals surface area contributed by atoms with Crippen LogP contribution in [0.15, 0.2) is 18.2 Å². The number of ether oxygens (including phenoxy) is 1. The Hall–Kier alpha value is -1.20. The molecule has 18 heavy (non-hydrogen) atoms. The van der Waals surface area contributed by atoms with Gasteiger partial charge >= 0.3 is 0 Å². The quantitative estimate of drug-likeness (QED) is 0.786. The van der Waals surface area contributed by atoms with E-state index in [1.165, 1.54) is 18.9 Å². The molecule has 2 N–H and O–H groups in total. The van der Waals surface area contributed by atoms with Gasteiger partial charge in [0, 0.05) is 24.9 Å². The zero-order valence-electron chi connectivity index (χ0n) is 10.0. The van der Waals surface area contributed by atoms with E-state index in [1.54, 1.807) is 0 Å². The maximum atomic E-state index is 12.9. The first-order chi connectivity index (χ1) is 8.65. The van der Waals surface area contributed by atoms with E-state index in [0.717, 1.165) is 12.1 Å². The van der Waals surface area contributed by atoms with E-state index >= 15 is 0 Å². The molecule has 2 rings (SSSR count). The number of rotatable bonds is 7. The molecule has 1 aromatic rings. The van der Waals surface area contributed by atoms with Crippen LogP contribution in [0.3, 0.4) is 0 Å². The minimum absolute atomic E-state index is 0.246. The highest BCUT2D eigenvalue weighted by molar-refractivity contribution is 5.43. The SMILES string of the molecule is OC(CNc1ccc(F)c(F)c1)COCC1CC1. The third kappa shape index (κ3) is 4.23. The smallest absolute Gasteiger partial charge is 0.160 e. The molecular weight excluding hydrogens is 240 g/mol. The fraction of sp³-hybridized carbons (Fsp3) is 0.538. The Morgan fingerprint density at radius 2 is 2.11 bits per heavy atom. The van der Waals surface area contributed by atoms with Gasteiger partial charge in [0.25, 0.3) is 0 Å². The van der Waals surface area contributed by atoms with Crippen LogP contribution in [0.25, 0.3) is 0 Å². The predicted octanol–water partition coefficient (Wildman–Crippen LogP) is 2.16. The lowest BCUT2D eigenvalue weighted by atomic mass is 10.3. The molecule has 100 valence electrons. The molecule has 1 aliphatic rings. The molecule has 1 fully saturated rings. The molecule has 1 unspecified atom stereocenters. The van der Waals surface area contributed by atoms with Crippen molar-refractivity contribution in [2.45, 2.75) is 18.9 Å². The summed E-state index contributed by atoms with van der Waals surface area (Å²) < 4.78 is 30.9. The van der Waals surface area contributed by atoms with E-state index in [9.17, 15) is 13.9 Å². The maximum Gasteiger partial charge on any atom is 0.160 e. The summed E-state index contributed by atoms with van der Waals surface area (Å²) in [4.78, 5) is 0. The standard InChI is InChI=1S/C13H17F2NO2/c14-12-4-3-10(5-13(12)15)16-6-11(17)8-18-7-9-1-2-9/h3-5,9,11,16-17H,1-2,6-8H2. The van der Waals surface area contributed by atoms with Crippen molar-refractivity contribution < 1.29 is 18.6 Å². The monoisotopic (exact) mass is 257 g/mol. The van der Waals surface area contributed by atoms with Gasteiger partial charge in [-0.15, -0.1) is 0 Å². The third-order valence-corrected chi connectivity index (χ3v) is 2.82. The summed E-state index contributed by atoms with van der Waals surface area (Å²) in [5.74, 6) is -1.12. The van der Waals surface area contributed by atoms with Crippen molar-refractivity contribution in [3.8, 4) is 0 Å². The summed E-state index contributed by atoms with van der Waals surface area (Å²) in [6.45, 7) is 1.20. The maximum absolute atomic E-state index is 12.9. The van der Waals surface area contributed by atoms with E-state index in [4.69, 9.17) is 4.74 Å². The molecule has 0 radical (unpaired) electrons. The van der Waals surface area contributed by atoms with Crippen LogP contribution in [-0.2, 0) is 4.74 Å². The first-order valence-electron chi connectivity index (χ1n) is 6.10. The molecule has 0 heterocycles. The average molecular weight is 257 g/mol. The molecule has 0 saturated heterocycles. The van der Waals surface area contributed by atoms with Crippen LogP contribution < -0.4 is 5.32 Å². The highest BCUT2D eigenvalue weighted by atomic mass is 19.2. The normalized spacial score (nSPS) is 16.6. The lowest BCUT2D eigenvalue weighted by Crippen LogP contribution is -2.25. The van der Waals surface area contributed by atoms with Crippen LogP contribution >= 0.6 is 0 Å². The van der Waals surface area contributed by atoms with E-state index in [2.05, 4.69) is 5.32 Å². The topological polar surface area (TPSA) is 41.5 Å². The zero-order valence-corrected chi connectivity index (χ0v) is 10.0. The van der Waals surface area contributed by atoms with Crippen LogP contribution in [0.5, 0.6) is 0 Å². The van der Waals surface area contributed by atoms with Gasteiger partial charge in [-0.05, 0) is 30.9 Å². The first-order valence-corrected chi connectivity index (χ1v) is 6.10. The average Bonchev–Trinajstić information content (AvgIpc) is 3.15. The molecule has 0 spiro atoms. The van der Waals surface area contributed by atoms with Gasteiger partial charge in [-0.2, -0.15) is 0 Å². The molecule has 0 aromatic heterocycles. The lowest BCUT2D eigenvalue weighted by molar-refractivity contribution is 0.0386. The molecule has 1 atom stereocenters. The third-order valence-electron chi connectivity index (χ3n) is 2.82. The van der Waals surface area contributed by atoms with Crippen molar-refractivity contribution in [1.29, 1.82) is 0 Å². The van der Waals surface area contributed by atoms with Gasteiger partial charge in [-0.3, -0.25) is 0 Å². The van der Waals surface area contributed by atoms with Gasteiger partial charge in [0.2, 0.25) is 0 Å². The Bertz CT molecular complexity index is 397. The highest BCUT2D eigenvalue weighted by Crippen LogP contribution is 2.28. The number of hydrogen-bond acceptors (Lipinski definition) is 3. The van der Waals surface area contributed by atoms with Crippen molar-refractivity contribution in [2.75, 3.05) is 25.1 Å². The second-order valence-corrected chi connectivity index (χ2v) is 4.64. The van der Waals surface area contributed by atoms with Crippen LogP contribution in [0.2, 0.25) is 0 Å². The van der Waals surface area contributed by atoms with Crippen molar-refractivity contribution in [3.05, 3.63) is 29.8 Å². The second kappa shape index (κ2) is 6.11. The molecule has 5 heteroatoms. The number of nitrogens with one attached hydrogen (secondary N) is 1. The first kappa shape index (κ1) is 13.2. The summed E-state index contributed by atoms with van der Waals surface area (Å²) in [6.07, 6.45) is 1.77. The number of anilines is 1. The largest absolute Gasteiger partial charge is 0.389 e. The van der Waals surface area contributed by atoms with E-state index in [0.29, 0.717) is 18.2 Å². The molecule has 3 nitrogen and oxygen atoms in total. The highest BCUT2D eigenvalue weighted by Gasteiger charge is 2.21.